The lowest BCUT2D eigenvalue weighted by Crippen LogP contribution is -2.40. The van der Waals surface area contributed by atoms with Gasteiger partial charge in [0.2, 0.25) is 0 Å². The summed E-state index contributed by atoms with van der Waals surface area (Å²) < 4.78 is 2.02. The number of nitrogens with one attached hydrogen (secondary N) is 1. The van der Waals surface area contributed by atoms with Crippen LogP contribution >= 0.6 is 0 Å². The average molecular weight is 264 g/mol. The molecule has 0 unspecified atom stereocenters. The predicted octanol–water partition coefficient (Wildman–Crippen LogP) is 3.11. The lowest BCUT2D eigenvalue weighted by molar-refractivity contribution is 0.439. The average Bonchev–Trinajstić information content (AvgIpc) is 2.79. The fourth-order valence-corrected chi connectivity index (χ4v) is 2.52. The largest absolute Gasteiger partial charge is 0.315 e. The second-order valence-electron chi connectivity index (χ2n) is 5.74. The molecule has 108 valence electrons. The van der Waals surface area contributed by atoms with Gasteiger partial charge in [0.05, 0.1) is 5.69 Å². The van der Waals surface area contributed by atoms with Crippen molar-refractivity contribution in [3.8, 4) is 0 Å². The van der Waals surface area contributed by atoms with Gasteiger partial charge in [-0.05, 0) is 6.42 Å². The molecule has 2 rings (SSSR count). The van der Waals surface area contributed by atoms with E-state index in [1.54, 1.807) is 0 Å². The molecule has 0 saturated carbocycles. The van der Waals surface area contributed by atoms with Crippen LogP contribution in [0.15, 0.2) is 6.20 Å². The Bertz CT molecular complexity index is 344. The van der Waals surface area contributed by atoms with Crippen LogP contribution in [0.3, 0.4) is 0 Å². The Morgan fingerprint density at radius 3 is 2.42 bits per heavy atom. The van der Waals surface area contributed by atoms with Crippen LogP contribution in [-0.2, 0) is 6.54 Å². The van der Waals surface area contributed by atoms with Crippen LogP contribution in [0, 0.1) is 0 Å². The Morgan fingerprint density at radius 1 is 1.11 bits per heavy atom. The van der Waals surface area contributed by atoms with Crippen molar-refractivity contribution in [2.24, 2.45) is 0 Å². The molecule has 0 radical (unpaired) electrons. The molecule has 0 aromatic carbocycles. The van der Waals surface area contributed by atoms with E-state index in [0.29, 0.717) is 5.92 Å². The Labute approximate surface area is 117 Å². The molecule has 1 aromatic rings. The minimum Gasteiger partial charge on any atom is -0.315 e. The van der Waals surface area contributed by atoms with Crippen molar-refractivity contribution in [1.29, 1.82) is 0 Å². The first-order valence-electron chi connectivity index (χ1n) is 8.01. The smallest absolute Gasteiger partial charge is 0.0883 e. The molecule has 0 amide bonds. The van der Waals surface area contributed by atoms with Crippen molar-refractivity contribution >= 4 is 0 Å². The molecule has 1 aromatic heterocycles. The fourth-order valence-electron chi connectivity index (χ4n) is 2.52. The highest BCUT2D eigenvalue weighted by molar-refractivity contribution is 5.07. The van der Waals surface area contributed by atoms with E-state index in [1.165, 1.54) is 57.1 Å². The Kier molecular flexibility index (Phi) is 6.34. The van der Waals surface area contributed by atoms with Crippen LogP contribution in [0.25, 0.3) is 0 Å². The summed E-state index contributed by atoms with van der Waals surface area (Å²) in [7, 11) is 0. The first-order chi connectivity index (χ1) is 9.40. The molecule has 0 spiro atoms. The SMILES string of the molecule is CCCCCCCCCCn1cc(C2CNC2)nn1. The van der Waals surface area contributed by atoms with Gasteiger partial charge < -0.3 is 5.32 Å². The van der Waals surface area contributed by atoms with E-state index in [2.05, 4.69) is 28.7 Å². The van der Waals surface area contributed by atoms with Crippen molar-refractivity contribution in [1.82, 2.24) is 20.3 Å². The summed E-state index contributed by atoms with van der Waals surface area (Å²) in [6.07, 6.45) is 13.0. The number of aromatic nitrogens is 3. The summed E-state index contributed by atoms with van der Waals surface area (Å²) in [6.45, 7) is 5.43. The number of unbranched alkanes of at least 4 members (excludes halogenated alkanes) is 7. The molecule has 19 heavy (non-hydrogen) atoms. The molecule has 4 heteroatoms. The summed E-state index contributed by atoms with van der Waals surface area (Å²) >= 11 is 0. The third-order valence-electron chi connectivity index (χ3n) is 4.00. The quantitative estimate of drug-likeness (QED) is 0.660. The normalized spacial score (nSPS) is 15.6. The van der Waals surface area contributed by atoms with Crippen LogP contribution in [0.1, 0.15) is 69.9 Å². The van der Waals surface area contributed by atoms with Gasteiger partial charge in [-0.1, -0.05) is 57.1 Å². The van der Waals surface area contributed by atoms with E-state index < -0.39 is 0 Å². The third kappa shape index (κ3) is 4.94. The molecule has 0 atom stereocenters. The summed E-state index contributed by atoms with van der Waals surface area (Å²) in [5, 5.41) is 11.7. The standard InChI is InChI=1S/C15H28N4/c1-2-3-4-5-6-7-8-9-10-19-13-15(17-18-19)14-11-16-12-14/h13-14,16H,2-12H2,1H3. The lowest BCUT2D eigenvalue weighted by Gasteiger charge is -2.24. The Balaban J connectivity index is 1.49. The maximum Gasteiger partial charge on any atom is 0.0883 e. The highest BCUT2D eigenvalue weighted by atomic mass is 15.4. The molecule has 1 aliphatic rings. The summed E-state index contributed by atoms with van der Waals surface area (Å²) in [5.41, 5.74) is 1.17. The molecule has 1 aliphatic heterocycles. The molecular weight excluding hydrogens is 236 g/mol. The first-order valence-corrected chi connectivity index (χ1v) is 8.01. The van der Waals surface area contributed by atoms with Gasteiger partial charge in [-0.3, -0.25) is 4.68 Å². The van der Waals surface area contributed by atoms with Crippen molar-refractivity contribution in [2.75, 3.05) is 13.1 Å². The lowest BCUT2D eigenvalue weighted by atomic mass is 10.0. The van der Waals surface area contributed by atoms with E-state index in [-0.39, 0.29) is 0 Å². The van der Waals surface area contributed by atoms with Crippen LogP contribution in [0.4, 0.5) is 0 Å². The molecule has 0 aliphatic carbocycles. The van der Waals surface area contributed by atoms with Gasteiger partial charge in [0.15, 0.2) is 0 Å². The number of rotatable bonds is 10. The van der Waals surface area contributed by atoms with Crippen LogP contribution < -0.4 is 5.32 Å². The highest BCUT2D eigenvalue weighted by Crippen LogP contribution is 2.16. The molecular formula is C15H28N4. The predicted molar refractivity (Wildman–Crippen MR) is 78.2 cm³/mol. The van der Waals surface area contributed by atoms with E-state index in [1.807, 2.05) is 4.68 Å². The maximum absolute atomic E-state index is 4.26. The van der Waals surface area contributed by atoms with Crippen LogP contribution in [0.5, 0.6) is 0 Å². The number of hydrogen-bond acceptors (Lipinski definition) is 3. The van der Waals surface area contributed by atoms with Gasteiger partial charge >= 0.3 is 0 Å². The Hall–Kier alpha value is -0.900. The summed E-state index contributed by atoms with van der Waals surface area (Å²) in [6, 6.07) is 0. The Morgan fingerprint density at radius 2 is 1.79 bits per heavy atom. The third-order valence-corrected chi connectivity index (χ3v) is 4.00. The number of aryl methyl sites for hydroxylation is 1. The van der Waals surface area contributed by atoms with E-state index in [9.17, 15) is 0 Å². The minimum atomic E-state index is 0.604. The fraction of sp³-hybridized carbons (Fsp3) is 0.867. The van der Waals surface area contributed by atoms with Crippen molar-refractivity contribution in [3.63, 3.8) is 0 Å². The number of hydrogen-bond donors (Lipinski definition) is 1. The second kappa shape index (κ2) is 8.31. The van der Waals surface area contributed by atoms with E-state index >= 15 is 0 Å². The van der Waals surface area contributed by atoms with Gasteiger partial charge in [-0.25, -0.2) is 0 Å². The monoisotopic (exact) mass is 264 g/mol. The molecule has 1 N–H and O–H groups in total. The van der Waals surface area contributed by atoms with Crippen molar-refractivity contribution in [3.05, 3.63) is 11.9 Å². The van der Waals surface area contributed by atoms with Gasteiger partial charge in [0.25, 0.3) is 0 Å². The summed E-state index contributed by atoms with van der Waals surface area (Å²) in [4.78, 5) is 0. The molecule has 2 heterocycles. The highest BCUT2D eigenvalue weighted by Gasteiger charge is 2.21. The molecule has 0 bridgehead atoms. The van der Waals surface area contributed by atoms with E-state index in [4.69, 9.17) is 0 Å². The molecule has 4 nitrogen and oxygen atoms in total. The van der Waals surface area contributed by atoms with Gasteiger partial charge in [0, 0.05) is 31.7 Å². The van der Waals surface area contributed by atoms with Gasteiger partial charge in [-0.15, -0.1) is 5.10 Å². The summed E-state index contributed by atoms with van der Waals surface area (Å²) in [5.74, 6) is 0.604. The molecule has 1 saturated heterocycles. The van der Waals surface area contributed by atoms with E-state index in [0.717, 1.165) is 19.6 Å². The van der Waals surface area contributed by atoms with Gasteiger partial charge in [0.1, 0.15) is 0 Å². The maximum atomic E-state index is 4.26. The van der Waals surface area contributed by atoms with Crippen molar-refractivity contribution in [2.45, 2.75) is 70.8 Å². The van der Waals surface area contributed by atoms with Gasteiger partial charge in [-0.2, -0.15) is 0 Å². The topological polar surface area (TPSA) is 42.7 Å². The van der Waals surface area contributed by atoms with Crippen molar-refractivity contribution < 1.29 is 0 Å². The zero-order valence-electron chi connectivity index (χ0n) is 12.3. The number of nitrogens with zero attached hydrogens (tertiary/aromatic N) is 3. The minimum absolute atomic E-state index is 0.604. The zero-order chi connectivity index (χ0) is 13.3. The first kappa shape index (κ1) is 14.5. The zero-order valence-corrected chi connectivity index (χ0v) is 12.3. The van der Waals surface area contributed by atoms with Crippen LogP contribution in [-0.4, -0.2) is 28.1 Å². The molecule has 1 fully saturated rings. The second-order valence-corrected chi connectivity index (χ2v) is 5.74. The van der Waals surface area contributed by atoms with Crippen LogP contribution in [0.2, 0.25) is 0 Å².